The molecule has 142 valence electrons. The van der Waals surface area contributed by atoms with Crippen LogP contribution in [0, 0.1) is 25.2 Å². The van der Waals surface area contributed by atoms with Crippen molar-refractivity contribution in [1.82, 2.24) is 9.97 Å². The summed E-state index contributed by atoms with van der Waals surface area (Å²) in [7, 11) is 1.60. The molecule has 0 aliphatic rings. The highest BCUT2D eigenvalue weighted by atomic mass is 16.5. The molecule has 0 spiro atoms. The molecule has 0 bridgehead atoms. The van der Waals surface area contributed by atoms with Gasteiger partial charge in [-0.25, -0.2) is 4.98 Å². The van der Waals surface area contributed by atoms with Crippen LogP contribution in [0.3, 0.4) is 0 Å². The molecule has 28 heavy (non-hydrogen) atoms. The van der Waals surface area contributed by atoms with Crippen LogP contribution in [0.4, 0.5) is 11.8 Å². The van der Waals surface area contributed by atoms with Gasteiger partial charge >= 0.3 is 0 Å². The Bertz CT molecular complexity index is 1050. The average molecular weight is 375 g/mol. The number of nitrogen functional groups attached to an aromatic ring is 2. The highest BCUT2D eigenvalue weighted by Crippen LogP contribution is 2.31. The maximum atomic E-state index is 9.43. The Morgan fingerprint density at radius 3 is 2.43 bits per heavy atom. The van der Waals surface area contributed by atoms with Crippen molar-refractivity contribution >= 4 is 11.8 Å². The van der Waals surface area contributed by atoms with Crippen molar-refractivity contribution in [2.75, 3.05) is 18.6 Å². The molecular weight excluding hydrogens is 354 g/mol. The largest absolute Gasteiger partial charge is 0.496 e. The fourth-order valence-corrected chi connectivity index (χ4v) is 3.03. The second kappa shape index (κ2) is 7.84. The minimum absolute atomic E-state index is 0.00986. The average Bonchev–Trinajstić information content (AvgIpc) is 2.67. The standard InChI is InChI=1S/C21H21N5O2/c1-12-5-4-6-13(2)19(12)28-11-15-9-14(7-8-17(15)27-3)18-16(10-22)20(23)26-21(24)25-18/h4-9H,11H2,1-3H3,(H4,23,24,25,26). The molecule has 0 aliphatic heterocycles. The number of para-hydroxylation sites is 1. The first kappa shape index (κ1) is 19.0. The van der Waals surface area contributed by atoms with Crippen molar-refractivity contribution in [2.45, 2.75) is 20.5 Å². The van der Waals surface area contributed by atoms with Gasteiger partial charge in [0.25, 0.3) is 0 Å². The molecule has 0 aliphatic carbocycles. The van der Waals surface area contributed by atoms with Crippen LogP contribution in [0.15, 0.2) is 36.4 Å². The summed E-state index contributed by atoms with van der Waals surface area (Å²) in [6.45, 7) is 4.30. The van der Waals surface area contributed by atoms with Crippen LogP contribution >= 0.6 is 0 Å². The van der Waals surface area contributed by atoms with Crippen molar-refractivity contribution in [1.29, 1.82) is 5.26 Å². The van der Waals surface area contributed by atoms with Crippen LogP contribution in [0.5, 0.6) is 11.5 Å². The SMILES string of the molecule is COc1ccc(-c2nc(N)nc(N)c2C#N)cc1COc1c(C)cccc1C. The van der Waals surface area contributed by atoms with Crippen LogP contribution in [0.2, 0.25) is 0 Å². The van der Waals surface area contributed by atoms with Gasteiger partial charge in [-0.05, 0) is 43.2 Å². The molecule has 0 radical (unpaired) electrons. The predicted octanol–water partition coefficient (Wildman–Crippen LogP) is 3.38. The summed E-state index contributed by atoms with van der Waals surface area (Å²) in [5.41, 5.74) is 15.7. The van der Waals surface area contributed by atoms with E-state index in [-0.39, 0.29) is 17.3 Å². The number of hydrogen-bond donors (Lipinski definition) is 2. The van der Waals surface area contributed by atoms with Gasteiger partial charge in [0.05, 0.1) is 12.8 Å². The number of nitriles is 1. The Kier molecular flexibility index (Phi) is 5.32. The van der Waals surface area contributed by atoms with E-state index in [2.05, 4.69) is 9.97 Å². The normalized spacial score (nSPS) is 10.4. The number of hydrogen-bond acceptors (Lipinski definition) is 7. The molecule has 0 saturated heterocycles. The molecule has 1 aromatic heterocycles. The van der Waals surface area contributed by atoms with Crippen molar-refractivity contribution in [2.24, 2.45) is 0 Å². The van der Waals surface area contributed by atoms with Gasteiger partial charge in [0.1, 0.15) is 35.6 Å². The fourth-order valence-electron chi connectivity index (χ4n) is 3.03. The van der Waals surface area contributed by atoms with Crippen molar-refractivity contribution in [3.05, 3.63) is 58.7 Å². The molecule has 4 N–H and O–H groups in total. The Hall–Kier alpha value is -3.79. The molecule has 0 unspecified atom stereocenters. The summed E-state index contributed by atoms with van der Waals surface area (Å²) in [4.78, 5) is 8.06. The Morgan fingerprint density at radius 1 is 1.07 bits per heavy atom. The van der Waals surface area contributed by atoms with Gasteiger partial charge in [-0.2, -0.15) is 10.2 Å². The van der Waals surface area contributed by atoms with E-state index in [1.807, 2.05) is 44.2 Å². The maximum absolute atomic E-state index is 9.43. The number of benzene rings is 2. The number of ether oxygens (including phenoxy) is 2. The topological polar surface area (TPSA) is 120 Å². The molecule has 0 amide bonds. The summed E-state index contributed by atoms with van der Waals surface area (Å²) < 4.78 is 11.5. The zero-order valence-electron chi connectivity index (χ0n) is 16.0. The number of rotatable bonds is 5. The van der Waals surface area contributed by atoms with Gasteiger partial charge in [-0.3, -0.25) is 0 Å². The first-order valence-electron chi connectivity index (χ1n) is 8.64. The second-order valence-electron chi connectivity index (χ2n) is 6.34. The summed E-state index contributed by atoms with van der Waals surface area (Å²) in [6, 6.07) is 13.5. The molecule has 2 aromatic carbocycles. The lowest BCUT2D eigenvalue weighted by atomic mass is 10.0. The molecule has 3 rings (SSSR count). The van der Waals surface area contributed by atoms with Gasteiger partial charge < -0.3 is 20.9 Å². The van der Waals surface area contributed by atoms with Crippen LogP contribution in [0.25, 0.3) is 11.3 Å². The molecule has 0 atom stereocenters. The van der Waals surface area contributed by atoms with E-state index in [0.29, 0.717) is 23.6 Å². The first-order valence-corrected chi connectivity index (χ1v) is 8.64. The number of nitrogens with zero attached hydrogens (tertiary/aromatic N) is 3. The van der Waals surface area contributed by atoms with E-state index in [9.17, 15) is 5.26 Å². The molecule has 0 fully saturated rings. The third-order valence-electron chi connectivity index (χ3n) is 4.40. The van der Waals surface area contributed by atoms with Crippen LogP contribution in [-0.4, -0.2) is 17.1 Å². The zero-order valence-corrected chi connectivity index (χ0v) is 16.0. The van der Waals surface area contributed by atoms with E-state index < -0.39 is 0 Å². The molecule has 1 heterocycles. The lowest BCUT2D eigenvalue weighted by Gasteiger charge is -2.15. The third-order valence-corrected chi connectivity index (χ3v) is 4.40. The van der Waals surface area contributed by atoms with Crippen molar-refractivity contribution in [3.8, 4) is 28.8 Å². The molecule has 3 aromatic rings. The molecular formula is C21H21N5O2. The van der Waals surface area contributed by atoms with E-state index in [4.69, 9.17) is 20.9 Å². The molecule has 7 nitrogen and oxygen atoms in total. The van der Waals surface area contributed by atoms with Crippen molar-refractivity contribution in [3.63, 3.8) is 0 Å². The Morgan fingerprint density at radius 2 is 1.79 bits per heavy atom. The number of nitrogens with two attached hydrogens (primary N) is 2. The quantitative estimate of drug-likeness (QED) is 0.701. The third kappa shape index (κ3) is 3.67. The summed E-state index contributed by atoms with van der Waals surface area (Å²) in [5, 5.41) is 9.43. The van der Waals surface area contributed by atoms with Gasteiger partial charge in [0, 0.05) is 11.1 Å². The highest BCUT2D eigenvalue weighted by Gasteiger charge is 2.16. The molecule has 7 heteroatoms. The summed E-state index contributed by atoms with van der Waals surface area (Å²) in [5.74, 6) is 1.57. The predicted molar refractivity (Wildman–Crippen MR) is 108 cm³/mol. The van der Waals surface area contributed by atoms with E-state index >= 15 is 0 Å². The van der Waals surface area contributed by atoms with Crippen LogP contribution in [-0.2, 0) is 6.61 Å². The van der Waals surface area contributed by atoms with Crippen LogP contribution < -0.4 is 20.9 Å². The lowest BCUT2D eigenvalue weighted by molar-refractivity contribution is 0.293. The van der Waals surface area contributed by atoms with Gasteiger partial charge in [-0.1, -0.05) is 18.2 Å². The summed E-state index contributed by atoms with van der Waals surface area (Å²) >= 11 is 0. The second-order valence-corrected chi connectivity index (χ2v) is 6.34. The summed E-state index contributed by atoms with van der Waals surface area (Å²) in [6.07, 6.45) is 0. The van der Waals surface area contributed by atoms with Gasteiger partial charge in [0.15, 0.2) is 0 Å². The minimum atomic E-state index is 0.00986. The number of methoxy groups -OCH3 is 1. The fraction of sp³-hybridized carbons (Fsp3) is 0.190. The smallest absolute Gasteiger partial charge is 0.222 e. The van der Waals surface area contributed by atoms with Gasteiger partial charge in [-0.15, -0.1) is 0 Å². The van der Waals surface area contributed by atoms with Crippen LogP contribution in [0.1, 0.15) is 22.3 Å². The number of anilines is 2. The first-order chi connectivity index (χ1) is 13.4. The van der Waals surface area contributed by atoms with Gasteiger partial charge in [0.2, 0.25) is 5.95 Å². The monoisotopic (exact) mass is 375 g/mol. The number of aromatic nitrogens is 2. The van der Waals surface area contributed by atoms with E-state index in [1.165, 1.54) is 0 Å². The Labute approximate surface area is 163 Å². The maximum Gasteiger partial charge on any atom is 0.222 e. The molecule has 0 saturated carbocycles. The Balaban J connectivity index is 2.01. The highest BCUT2D eigenvalue weighted by molar-refractivity contribution is 5.74. The minimum Gasteiger partial charge on any atom is -0.496 e. The van der Waals surface area contributed by atoms with E-state index in [1.54, 1.807) is 19.2 Å². The van der Waals surface area contributed by atoms with Crippen molar-refractivity contribution < 1.29 is 9.47 Å². The van der Waals surface area contributed by atoms with E-state index in [0.717, 1.165) is 22.4 Å². The zero-order chi connectivity index (χ0) is 20.3. The lowest BCUT2D eigenvalue weighted by Crippen LogP contribution is -2.06. The number of aryl methyl sites for hydroxylation is 2.